The summed E-state index contributed by atoms with van der Waals surface area (Å²) in [6.45, 7) is 6.61. The fourth-order valence-corrected chi connectivity index (χ4v) is 1.70. The largest absolute Gasteiger partial charge is 0.490 e. The lowest BCUT2D eigenvalue weighted by molar-refractivity contribution is -0.151. The van der Waals surface area contributed by atoms with Crippen molar-refractivity contribution in [3.8, 4) is 11.5 Å². The normalized spacial score (nSPS) is 11.7. The van der Waals surface area contributed by atoms with Crippen molar-refractivity contribution < 1.29 is 19.0 Å². The molecule has 0 amide bonds. The lowest BCUT2D eigenvalue weighted by Crippen LogP contribution is -2.29. The first-order chi connectivity index (χ1) is 9.22. The average molecular weight is 266 g/mol. The van der Waals surface area contributed by atoms with Gasteiger partial charge in [-0.05, 0) is 32.4 Å². The second-order valence-corrected chi connectivity index (χ2v) is 4.03. The van der Waals surface area contributed by atoms with Crippen LogP contribution in [0.5, 0.6) is 11.5 Å². The zero-order valence-corrected chi connectivity index (χ0v) is 11.8. The van der Waals surface area contributed by atoms with E-state index in [0.29, 0.717) is 31.1 Å². The molecule has 1 aromatic rings. The SMILES string of the molecule is CCCC(Oc1ccccc1OCC)C(=O)OCC. The molecule has 0 aliphatic rings. The molecule has 0 aliphatic carbocycles. The Labute approximate surface area is 114 Å². The van der Waals surface area contributed by atoms with E-state index in [4.69, 9.17) is 14.2 Å². The van der Waals surface area contributed by atoms with Crippen molar-refractivity contribution in [1.82, 2.24) is 0 Å². The zero-order valence-electron chi connectivity index (χ0n) is 11.8. The van der Waals surface area contributed by atoms with Crippen molar-refractivity contribution in [1.29, 1.82) is 0 Å². The maximum atomic E-state index is 11.8. The molecule has 4 nitrogen and oxygen atoms in total. The summed E-state index contributed by atoms with van der Waals surface area (Å²) >= 11 is 0. The van der Waals surface area contributed by atoms with E-state index in [-0.39, 0.29) is 5.97 Å². The molecule has 0 fully saturated rings. The van der Waals surface area contributed by atoms with Gasteiger partial charge in [0.1, 0.15) is 0 Å². The molecule has 0 saturated carbocycles. The summed E-state index contributed by atoms with van der Waals surface area (Å²) in [6, 6.07) is 7.35. The molecule has 1 atom stereocenters. The van der Waals surface area contributed by atoms with Crippen LogP contribution in [0.25, 0.3) is 0 Å². The van der Waals surface area contributed by atoms with E-state index in [9.17, 15) is 4.79 Å². The molecule has 0 radical (unpaired) electrons. The number of ether oxygens (including phenoxy) is 3. The van der Waals surface area contributed by atoms with Crippen LogP contribution in [0.15, 0.2) is 24.3 Å². The van der Waals surface area contributed by atoms with Crippen molar-refractivity contribution >= 4 is 5.97 Å². The van der Waals surface area contributed by atoms with Gasteiger partial charge in [-0.3, -0.25) is 0 Å². The van der Waals surface area contributed by atoms with Crippen molar-refractivity contribution in [3.05, 3.63) is 24.3 Å². The topological polar surface area (TPSA) is 44.8 Å². The summed E-state index contributed by atoms with van der Waals surface area (Å²) in [6.07, 6.45) is 0.895. The smallest absolute Gasteiger partial charge is 0.347 e. The number of esters is 1. The second-order valence-electron chi connectivity index (χ2n) is 4.03. The number of rotatable bonds is 8. The summed E-state index contributed by atoms with van der Waals surface area (Å²) in [5, 5.41) is 0. The zero-order chi connectivity index (χ0) is 14.1. The molecule has 0 spiro atoms. The maximum absolute atomic E-state index is 11.8. The van der Waals surface area contributed by atoms with E-state index in [1.165, 1.54) is 0 Å². The predicted molar refractivity (Wildman–Crippen MR) is 73.6 cm³/mol. The van der Waals surface area contributed by atoms with E-state index in [0.717, 1.165) is 6.42 Å². The van der Waals surface area contributed by atoms with Gasteiger partial charge in [-0.1, -0.05) is 25.5 Å². The van der Waals surface area contributed by atoms with Crippen molar-refractivity contribution in [3.63, 3.8) is 0 Å². The summed E-state index contributed by atoms with van der Waals surface area (Å²) in [5.41, 5.74) is 0. The number of benzene rings is 1. The Kier molecular flexibility index (Phi) is 6.79. The quantitative estimate of drug-likeness (QED) is 0.678. The Morgan fingerprint density at radius 3 is 2.37 bits per heavy atom. The van der Waals surface area contributed by atoms with Crippen molar-refractivity contribution in [2.45, 2.75) is 39.7 Å². The van der Waals surface area contributed by atoms with E-state index >= 15 is 0 Å². The fourth-order valence-electron chi connectivity index (χ4n) is 1.70. The van der Waals surface area contributed by atoms with Gasteiger partial charge in [0.2, 0.25) is 0 Å². The van der Waals surface area contributed by atoms with Crippen LogP contribution in [0.3, 0.4) is 0 Å². The standard InChI is InChI=1S/C15H22O4/c1-4-9-14(15(16)18-6-3)19-13-11-8-7-10-12(13)17-5-2/h7-8,10-11,14H,4-6,9H2,1-3H3. The number of para-hydroxylation sites is 2. The van der Waals surface area contributed by atoms with E-state index in [1.807, 2.05) is 32.0 Å². The van der Waals surface area contributed by atoms with Crippen LogP contribution in [0.4, 0.5) is 0 Å². The first-order valence-electron chi connectivity index (χ1n) is 6.78. The summed E-state index contributed by atoms with van der Waals surface area (Å²) in [5.74, 6) is 0.905. The van der Waals surface area contributed by atoms with Crippen LogP contribution in [-0.2, 0) is 9.53 Å². The minimum absolute atomic E-state index is 0.323. The highest BCUT2D eigenvalue weighted by molar-refractivity contribution is 5.75. The Bertz CT molecular complexity index is 389. The molecule has 0 aromatic heterocycles. The molecule has 4 heteroatoms. The first kappa shape index (κ1) is 15.3. The lowest BCUT2D eigenvalue weighted by Gasteiger charge is -2.18. The van der Waals surface area contributed by atoms with Crippen LogP contribution in [0.2, 0.25) is 0 Å². The Morgan fingerprint density at radius 2 is 1.79 bits per heavy atom. The second kappa shape index (κ2) is 8.40. The molecule has 0 N–H and O–H groups in total. The number of hydrogen-bond acceptors (Lipinski definition) is 4. The molecule has 0 saturated heterocycles. The highest BCUT2D eigenvalue weighted by Crippen LogP contribution is 2.28. The highest BCUT2D eigenvalue weighted by atomic mass is 16.6. The summed E-state index contributed by atoms with van der Waals surface area (Å²) < 4.78 is 16.3. The lowest BCUT2D eigenvalue weighted by atomic mass is 10.2. The third-order valence-corrected chi connectivity index (χ3v) is 2.52. The third-order valence-electron chi connectivity index (χ3n) is 2.52. The molecule has 1 aromatic carbocycles. The maximum Gasteiger partial charge on any atom is 0.347 e. The van der Waals surface area contributed by atoms with Crippen molar-refractivity contribution in [2.24, 2.45) is 0 Å². The van der Waals surface area contributed by atoms with Gasteiger partial charge in [-0.2, -0.15) is 0 Å². The fraction of sp³-hybridized carbons (Fsp3) is 0.533. The Hall–Kier alpha value is -1.71. The van der Waals surface area contributed by atoms with Crippen LogP contribution in [0.1, 0.15) is 33.6 Å². The molecule has 0 heterocycles. The van der Waals surface area contributed by atoms with Gasteiger partial charge in [0.15, 0.2) is 17.6 Å². The van der Waals surface area contributed by atoms with Gasteiger partial charge in [-0.25, -0.2) is 4.79 Å². The monoisotopic (exact) mass is 266 g/mol. The summed E-state index contributed by atoms with van der Waals surface area (Å²) in [4.78, 5) is 11.8. The molecule has 1 rings (SSSR count). The number of carbonyl (C=O) groups is 1. The van der Waals surface area contributed by atoms with Gasteiger partial charge >= 0.3 is 5.97 Å². The predicted octanol–water partition coefficient (Wildman–Crippen LogP) is 3.20. The number of hydrogen-bond donors (Lipinski definition) is 0. The minimum Gasteiger partial charge on any atom is -0.490 e. The molecular formula is C15H22O4. The van der Waals surface area contributed by atoms with Crippen LogP contribution in [-0.4, -0.2) is 25.3 Å². The van der Waals surface area contributed by atoms with E-state index in [1.54, 1.807) is 13.0 Å². The minimum atomic E-state index is -0.577. The third kappa shape index (κ3) is 4.81. The van der Waals surface area contributed by atoms with Crippen LogP contribution < -0.4 is 9.47 Å². The summed E-state index contributed by atoms with van der Waals surface area (Å²) in [7, 11) is 0. The van der Waals surface area contributed by atoms with Gasteiger partial charge in [0, 0.05) is 0 Å². The number of carbonyl (C=O) groups excluding carboxylic acids is 1. The van der Waals surface area contributed by atoms with Crippen molar-refractivity contribution in [2.75, 3.05) is 13.2 Å². The van der Waals surface area contributed by atoms with Gasteiger partial charge in [0.05, 0.1) is 13.2 Å². The molecule has 1 unspecified atom stereocenters. The van der Waals surface area contributed by atoms with Gasteiger partial charge < -0.3 is 14.2 Å². The Morgan fingerprint density at radius 1 is 1.11 bits per heavy atom. The van der Waals surface area contributed by atoms with E-state index in [2.05, 4.69) is 0 Å². The van der Waals surface area contributed by atoms with Crippen LogP contribution >= 0.6 is 0 Å². The van der Waals surface area contributed by atoms with E-state index < -0.39 is 6.10 Å². The molecule has 19 heavy (non-hydrogen) atoms. The first-order valence-corrected chi connectivity index (χ1v) is 6.78. The molecular weight excluding hydrogens is 244 g/mol. The highest BCUT2D eigenvalue weighted by Gasteiger charge is 2.22. The molecule has 0 bridgehead atoms. The van der Waals surface area contributed by atoms with Crippen LogP contribution in [0, 0.1) is 0 Å². The molecule has 106 valence electrons. The Balaban J connectivity index is 2.80. The average Bonchev–Trinajstić information content (AvgIpc) is 2.41. The molecule has 0 aliphatic heterocycles. The van der Waals surface area contributed by atoms with Gasteiger partial charge in [-0.15, -0.1) is 0 Å². The van der Waals surface area contributed by atoms with Gasteiger partial charge in [0.25, 0.3) is 0 Å².